The van der Waals surface area contributed by atoms with Gasteiger partial charge in [0.05, 0.1) is 11.8 Å². The Bertz CT molecular complexity index is 737. The van der Waals surface area contributed by atoms with Gasteiger partial charge in [-0.2, -0.15) is 0 Å². The van der Waals surface area contributed by atoms with Gasteiger partial charge in [-0.15, -0.1) is 0 Å². The van der Waals surface area contributed by atoms with Crippen molar-refractivity contribution in [1.29, 1.82) is 0 Å². The fourth-order valence-electron chi connectivity index (χ4n) is 4.28. The van der Waals surface area contributed by atoms with Crippen molar-refractivity contribution in [3.05, 3.63) is 35.6 Å². The second kappa shape index (κ2) is 8.69. The monoisotopic (exact) mass is 396 g/mol. The minimum atomic E-state index is -3.19. The van der Waals surface area contributed by atoms with Crippen molar-refractivity contribution < 1.29 is 17.6 Å². The van der Waals surface area contributed by atoms with Crippen molar-refractivity contribution in [3.8, 4) is 0 Å². The van der Waals surface area contributed by atoms with Crippen LogP contribution >= 0.6 is 0 Å². The Morgan fingerprint density at radius 2 is 1.74 bits per heavy atom. The van der Waals surface area contributed by atoms with Gasteiger partial charge < -0.3 is 5.32 Å². The Morgan fingerprint density at radius 1 is 1.15 bits per heavy atom. The van der Waals surface area contributed by atoms with Crippen molar-refractivity contribution in [3.63, 3.8) is 0 Å². The highest BCUT2D eigenvalue weighted by molar-refractivity contribution is 7.89. The van der Waals surface area contributed by atoms with E-state index in [-0.39, 0.29) is 29.4 Å². The largest absolute Gasteiger partial charge is 0.349 e. The quantitative estimate of drug-likeness (QED) is 0.803. The molecule has 2 fully saturated rings. The normalized spacial score (nSPS) is 21.3. The molecule has 5 nitrogen and oxygen atoms in total. The molecule has 3 rings (SSSR count). The fourth-order valence-corrected chi connectivity index (χ4v) is 5.42. The molecule has 150 valence electrons. The third kappa shape index (κ3) is 4.88. The minimum absolute atomic E-state index is 0.00947. The molecule has 1 heterocycles. The van der Waals surface area contributed by atoms with E-state index in [1.54, 1.807) is 19.1 Å². The van der Waals surface area contributed by atoms with Gasteiger partial charge in [0.1, 0.15) is 5.82 Å². The van der Waals surface area contributed by atoms with Gasteiger partial charge in [0, 0.05) is 19.0 Å². The SMILES string of the molecule is CCS(=O)(=O)N1CCC(C(=O)N[C@@H](c2ccc(F)cc2)C2CCCC2)CC1. The Labute approximate surface area is 161 Å². The predicted octanol–water partition coefficient (Wildman–Crippen LogP) is 3.23. The standard InChI is InChI=1S/C20H29FN2O3S/c1-2-27(25,26)23-13-11-17(12-14-23)20(24)22-19(15-5-3-4-6-15)16-7-9-18(21)10-8-16/h7-10,15,17,19H,2-6,11-14H2,1H3,(H,22,24)/t19-/m1/s1. The molecule has 27 heavy (non-hydrogen) atoms. The van der Waals surface area contributed by atoms with Crippen LogP contribution in [0.1, 0.15) is 57.1 Å². The van der Waals surface area contributed by atoms with Gasteiger partial charge in [-0.3, -0.25) is 4.79 Å². The number of amides is 1. The van der Waals surface area contributed by atoms with E-state index in [9.17, 15) is 17.6 Å². The molecule has 1 amide bonds. The number of piperidine rings is 1. The van der Waals surface area contributed by atoms with E-state index in [2.05, 4.69) is 5.32 Å². The van der Waals surface area contributed by atoms with Gasteiger partial charge in [0.15, 0.2) is 0 Å². The van der Waals surface area contributed by atoms with Crippen molar-refractivity contribution in [2.45, 2.75) is 51.5 Å². The maximum atomic E-state index is 13.3. The van der Waals surface area contributed by atoms with Crippen LogP contribution in [0, 0.1) is 17.7 Å². The van der Waals surface area contributed by atoms with Crippen LogP contribution < -0.4 is 5.32 Å². The summed E-state index contributed by atoms with van der Waals surface area (Å²) in [5, 5.41) is 3.20. The summed E-state index contributed by atoms with van der Waals surface area (Å²) in [6, 6.07) is 6.30. The van der Waals surface area contributed by atoms with Crippen LogP contribution in [0.2, 0.25) is 0 Å². The number of benzene rings is 1. The average molecular weight is 397 g/mol. The van der Waals surface area contributed by atoms with Gasteiger partial charge in [0.2, 0.25) is 15.9 Å². The van der Waals surface area contributed by atoms with Crippen LogP contribution in [0.25, 0.3) is 0 Å². The van der Waals surface area contributed by atoms with Crippen LogP contribution in [-0.4, -0.2) is 37.5 Å². The van der Waals surface area contributed by atoms with Crippen molar-refractivity contribution >= 4 is 15.9 Å². The summed E-state index contributed by atoms with van der Waals surface area (Å²) >= 11 is 0. The Morgan fingerprint density at radius 3 is 2.30 bits per heavy atom. The molecule has 0 radical (unpaired) electrons. The molecule has 0 bridgehead atoms. The number of nitrogens with zero attached hydrogens (tertiary/aromatic N) is 1. The molecule has 0 unspecified atom stereocenters. The van der Waals surface area contributed by atoms with Gasteiger partial charge in [-0.25, -0.2) is 17.1 Å². The Hall–Kier alpha value is -1.47. The number of nitrogens with one attached hydrogen (secondary N) is 1. The molecule has 1 atom stereocenters. The first-order valence-electron chi connectivity index (χ1n) is 9.94. The molecule has 2 aliphatic rings. The molecule has 0 spiro atoms. The smallest absolute Gasteiger partial charge is 0.223 e. The summed E-state index contributed by atoms with van der Waals surface area (Å²) in [6.45, 7) is 2.45. The lowest BCUT2D eigenvalue weighted by Crippen LogP contribution is -2.44. The number of hydrogen-bond acceptors (Lipinski definition) is 3. The Kier molecular flexibility index (Phi) is 6.52. The second-order valence-electron chi connectivity index (χ2n) is 7.66. The number of carbonyl (C=O) groups is 1. The first kappa shape index (κ1) is 20.3. The van der Waals surface area contributed by atoms with Crippen LogP contribution in [-0.2, 0) is 14.8 Å². The number of rotatable bonds is 6. The van der Waals surface area contributed by atoms with E-state index in [4.69, 9.17) is 0 Å². The third-order valence-corrected chi connectivity index (χ3v) is 7.86. The van der Waals surface area contributed by atoms with E-state index >= 15 is 0 Å². The molecule has 1 aromatic rings. The first-order chi connectivity index (χ1) is 12.9. The summed E-state index contributed by atoms with van der Waals surface area (Å²) in [4.78, 5) is 12.9. The van der Waals surface area contributed by atoms with E-state index < -0.39 is 10.0 Å². The number of sulfonamides is 1. The lowest BCUT2D eigenvalue weighted by Gasteiger charge is -2.32. The van der Waals surface area contributed by atoms with Crippen LogP contribution in [0.15, 0.2) is 24.3 Å². The molecule has 0 aromatic heterocycles. The maximum absolute atomic E-state index is 13.3. The highest BCUT2D eigenvalue weighted by Gasteiger charge is 2.33. The molecular weight excluding hydrogens is 367 g/mol. The Balaban J connectivity index is 1.65. The molecule has 1 aliphatic carbocycles. The van der Waals surface area contributed by atoms with E-state index in [1.807, 2.05) is 0 Å². The third-order valence-electron chi connectivity index (χ3n) is 5.98. The van der Waals surface area contributed by atoms with Gasteiger partial charge in [-0.1, -0.05) is 25.0 Å². The summed E-state index contributed by atoms with van der Waals surface area (Å²) in [5.74, 6) is 0.0141. The predicted molar refractivity (Wildman–Crippen MR) is 103 cm³/mol. The molecule has 1 aromatic carbocycles. The molecule has 1 aliphatic heterocycles. The molecule has 1 saturated carbocycles. The summed E-state index contributed by atoms with van der Waals surface area (Å²) in [7, 11) is -3.19. The van der Waals surface area contributed by atoms with Crippen LogP contribution in [0.3, 0.4) is 0 Å². The summed E-state index contributed by atoms with van der Waals surface area (Å²) in [5.41, 5.74) is 0.947. The zero-order chi connectivity index (χ0) is 19.4. The zero-order valence-corrected chi connectivity index (χ0v) is 16.7. The first-order valence-corrected chi connectivity index (χ1v) is 11.6. The van der Waals surface area contributed by atoms with Gasteiger partial charge in [0.25, 0.3) is 0 Å². The number of halogens is 1. The van der Waals surface area contributed by atoms with Crippen molar-refractivity contribution in [2.75, 3.05) is 18.8 Å². The van der Waals surface area contributed by atoms with Crippen LogP contribution in [0.5, 0.6) is 0 Å². The number of hydrogen-bond donors (Lipinski definition) is 1. The van der Waals surface area contributed by atoms with Crippen molar-refractivity contribution in [2.24, 2.45) is 11.8 Å². The minimum Gasteiger partial charge on any atom is -0.349 e. The maximum Gasteiger partial charge on any atom is 0.223 e. The summed E-state index contributed by atoms with van der Waals surface area (Å²) < 4.78 is 38.8. The van der Waals surface area contributed by atoms with Crippen molar-refractivity contribution in [1.82, 2.24) is 9.62 Å². The lowest BCUT2D eigenvalue weighted by atomic mass is 9.90. The lowest BCUT2D eigenvalue weighted by molar-refractivity contribution is -0.127. The number of carbonyl (C=O) groups excluding carboxylic acids is 1. The average Bonchev–Trinajstić information content (AvgIpc) is 3.21. The fraction of sp³-hybridized carbons (Fsp3) is 0.650. The van der Waals surface area contributed by atoms with E-state index in [0.29, 0.717) is 31.8 Å². The van der Waals surface area contributed by atoms with E-state index in [0.717, 1.165) is 31.2 Å². The molecular formula is C20H29FN2O3S. The molecule has 7 heteroatoms. The van der Waals surface area contributed by atoms with Gasteiger partial charge in [-0.05, 0) is 56.2 Å². The molecule has 1 N–H and O–H groups in total. The summed E-state index contributed by atoms with van der Waals surface area (Å²) in [6.07, 6.45) is 5.54. The topological polar surface area (TPSA) is 66.5 Å². The van der Waals surface area contributed by atoms with Crippen LogP contribution in [0.4, 0.5) is 4.39 Å². The van der Waals surface area contributed by atoms with E-state index in [1.165, 1.54) is 16.4 Å². The molecule has 1 saturated heterocycles. The highest BCUT2D eigenvalue weighted by Crippen LogP contribution is 2.36. The highest BCUT2D eigenvalue weighted by atomic mass is 32.2. The zero-order valence-electron chi connectivity index (χ0n) is 15.9. The second-order valence-corrected chi connectivity index (χ2v) is 9.91. The van der Waals surface area contributed by atoms with Gasteiger partial charge >= 0.3 is 0 Å².